The Balaban J connectivity index is 1.68. The maximum atomic E-state index is 12.6. The van der Waals surface area contributed by atoms with Crippen LogP contribution in [0.3, 0.4) is 0 Å². The van der Waals surface area contributed by atoms with Gasteiger partial charge in [-0.25, -0.2) is 0 Å². The molecular weight excluding hydrogens is 443 g/mol. The fraction of sp³-hybridized carbons (Fsp3) is 0.286. The highest BCUT2D eigenvalue weighted by atomic mass is 35.5. The summed E-state index contributed by atoms with van der Waals surface area (Å²) < 4.78 is 0. The zero-order chi connectivity index (χ0) is 21.7. The van der Waals surface area contributed by atoms with Gasteiger partial charge in [0.1, 0.15) is 6.04 Å². The molecule has 30 heavy (non-hydrogen) atoms. The summed E-state index contributed by atoms with van der Waals surface area (Å²) >= 11 is 17.7. The Morgan fingerprint density at radius 1 is 1.20 bits per heavy atom. The summed E-state index contributed by atoms with van der Waals surface area (Å²) in [6.45, 7) is 3.04. The van der Waals surface area contributed by atoms with E-state index in [0.717, 1.165) is 12.1 Å². The topological polar surface area (TPSA) is 73.5 Å². The molecule has 2 aromatic carbocycles. The summed E-state index contributed by atoms with van der Waals surface area (Å²) in [6, 6.07) is 12.2. The number of benzene rings is 2. The van der Waals surface area contributed by atoms with Crippen LogP contribution in [0.4, 0.5) is 11.4 Å². The van der Waals surface area contributed by atoms with Crippen molar-refractivity contribution < 1.29 is 9.59 Å². The number of nitrogens with one attached hydrogen (secondary N) is 3. The number of rotatable bonds is 5. The van der Waals surface area contributed by atoms with Crippen LogP contribution in [0, 0.1) is 0 Å². The quantitative estimate of drug-likeness (QED) is 0.581. The first-order valence-electron chi connectivity index (χ1n) is 9.57. The van der Waals surface area contributed by atoms with E-state index in [1.54, 1.807) is 23.1 Å². The highest BCUT2D eigenvalue weighted by Crippen LogP contribution is 2.29. The largest absolute Gasteiger partial charge is 0.353 e. The lowest BCUT2D eigenvalue weighted by Crippen LogP contribution is -2.58. The molecule has 0 aromatic heterocycles. The molecule has 0 saturated carbocycles. The molecule has 158 valence electrons. The minimum absolute atomic E-state index is 0.0781. The molecule has 0 unspecified atom stereocenters. The standard InChI is InChI=1S/C21H22Cl2N4O2S/c1-2-13-6-8-14(9-7-13)25-21(30)27-11-10-24-20(29)17(27)12-18(28)26-16-5-3-4-15(22)19(16)23/h3-9,17H,2,10-12H2,1H3,(H,24,29)(H,25,30)(H,26,28)/t17-/m0/s1. The maximum absolute atomic E-state index is 12.6. The van der Waals surface area contributed by atoms with Crippen LogP contribution in [0.5, 0.6) is 0 Å². The SMILES string of the molecule is CCc1ccc(NC(=S)N2CCNC(=O)[C@@H]2CC(=O)Nc2cccc(Cl)c2Cl)cc1. The van der Waals surface area contributed by atoms with Crippen LogP contribution in [-0.2, 0) is 16.0 Å². The molecule has 2 amide bonds. The number of thiocarbonyl (C=S) groups is 1. The summed E-state index contributed by atoms with van der Waals surface area (Å²) in [5.41, 5.74) is 2.45. The van der Waals surface area contributed by atoms with Gasteiger partial charge in [-0.2, -0.15) is 0 Å². The molecular formula is C21H22Cl2N4O2S. The first-order valence-corrected chi connectivity index (χ1v) is 10.7. The van der Waals surface area contributed by atoms with Gasteiger partial charge in [-0.15, -0.1) is 0 Å². The summed E-state index contributed by atoms with van der Waals surface area (Å²) in [5, 5.41) is 9.66. The van der Waals surface area contributed by atoms with Crippen LogP contribution < -0.4 is 16.0 Å². The van der Waals surface area contributed by atoms with E-state index in [1.807, 2.05) is 24.3 Å². The van der Waals surface area contributed by atoms with Crippen LogP contribution in [0.1, 0.15) is 18.9 Å². The lowest BCUT2D eigenvalue weighted by atomic mass is 10.1. The summed E-state index contributed by atoms with van der Waals surface area (Å²) in [4.78, 5) is 26.8. The third-order valence-electron chi connectivity index (χ3n) is 4.81. The lowest BCUT2D eigenvalue weighted by molar-refractivity contribution is -0.130. The zero-order valence-corrected chi connectivity index (χ0v) is 18.7. The smallest absolute Gasteiger partial charge is 0.243 e. The first kappa shape index (κ1) is 22.3. The van der Waals surface area contributed by atoms with Crippen molar-refractivity contribution in [2.75, 3.05) is 23.7 Å². The fourth-order valence-electron chi connectivity index (χ4n) is 3.16. The van der Waals surface area contributed by atoms with Gasteiger partial charge in [-0.3, -0.25) is 9.59 Å². The number of nitrogens with zero attached hydrogens (tertiary/aromatic N) is 1. The van der Waals surface area contributed by atoms with Crippen LogP contribution in [0.2, 0.25) is 10.0 Å². The molecule has 1 aliphatic heterocycles. The van der Waals surface area contributed by atoms with E-state index in [2.05, 4.69) is 22.9 Å². The minimum atomic E-state index is -0.730. The number of carbonyl (C=O) groups is 2. The summed E-state index contributed by atoms with van der Waals surface area (Å²) in [6.07, 6.45) is 0.871. The second-order valence-electron chi connectivity index (χ2n) is 6.83. The second-order valence-corrected chi connectivity index (χ2v) is 8.01. The number of anilines is 2. The average molecular weight is 465 g/mol. The van der Waals surface area contributed by atoms with Gasteiger partial charge in [0.05, 0.1) is 22.2 Å². The van der Waals surface area contributed by atoms with Gasteiger partial charge in [0, 0.05) is 18.8 Å². The number of carbonyl (C=O) groups excluding carboxylic acids is 2. The highest BCUT2D eigenvalue weighted by molar-refractivity contribution is 7.80. The van der Waals surface area contributed by atoms with E-state index >= 15 is 0 Å². The molecule has 3 rings (SSSR count). The molecule has 3 N–H and O–H groups in total. The van der Waals surface area contributed by atoms with Crippen molar-refractivity contribution in [1.82, 2.24) is 10.2 Å². The van der Waals surface area contributed by atoms with E-state index in [9.17, 15) is 9.59 Å². The van der Waals surface area contributed by atoms with Crippen molar-refractivity contribution >= 4 is 63.7 Å². The Morgan fingerprint density at radius 2 is 1.93 bits per heavy atom. The van der Waals surface area contributed by atoms with Crippen molar-refractivity contribution in [3.8, 4) is 0 Å². The molecule has 0 aliphatic carbocycles. The van der Waals surface area contributed by atoms with E-state index < -0.39 is 6.04 Å². The third kappa shape index (κ3) is 5.41. The molecule has 1 heterocycles. The van der Waals surface area contributed by atoms with Gasteiger partial charge >= 0.3 is 0 Å². The number of piperazine rings is 1. The van der Waals surface area contributed by atoms with Crippen molar-refractivity contribution in [1.29, 1.82) is 0 Å². The minimum Gasteiger partial charge on any atom is -0.353 e. The van der Waals surface area contributed by atoms with Crippen LogP contribution in [-0.4, -0.2) is 41.0 Å². The van der Waals surface area contributed by atoms with Crippen LogP contribution >= 0.6 is 35.4 Å². The second kappa shape index (κ2) is 10.1. The Bertz CT molecular complexity index is 953. The Labute approximate surface area is 190 Å². The molecule has 1 atom stereocenters. The number of halogens is 2. The number of hydrogen-bond donors (Lipinski definition) is 3. The Morgan fingerprint density at radius 3 is 2.63 bits per heavy atom. The summed E-state index contributed by atoms with van der Waals surface area (Å²) in [5.74, 6) is -0.611. The normalized spacial score (nSPS) is 16.0. The zero-order valence-electron chi connectivity index (χ0n) is 16.4. The van der Waals surface area contributed by atoms with Crippen molar-refractivity contribution in [3.63, 3.8) is 0 Å². The van der Waals surface area contributed by atoms with E-state index in [4.69, 9.17) is 35.4 Å². The van der Waals surface area contributed by atoms with Crippen molar-refractivity contribution in [2.24, 2.45) is 0 Å². The van der Waals surface area contributed by atoms with Gasteiger partial charge in [-0.05, 0) is 48.5 Å². The molecule has 6 nitrogen and oxygen atoms in total. The van der Waals surface area contributed by atoms with Gasteiger partial charge < -0.3 is 20.9 Å². The Kier molecular flexibility index (Phi) is 7.53. The lowest BCUT2D eigenvalue weighted by Gasteiger charge is -2.36. The van der Waals surface area contributed by atoms with E-state index in [0.29, 0.717) is 28.9 Å². The van der Waals surface area contributed by atoms with Gasteiger partial charge in [0.15, 0.2) is 5.11 Å². The molecule has 0 radical (unpaired) electrons. The van der Waals surface area contributed by atoms with Crippen molar-refractivity contribution in [3.05, 3.63) is 58.1 Å². The molecule has 0 bridgehead atoms. The predicted molar refractivity (Wildman–Crippen MR) is 125 cm³/mol. The first-order chi connectivity index (χ1) is 14.4. The van der Waals surface area contributed by atoms with Crippen molar-refractivity contribution in [2.45, 2.75) is 25.8 Å². The fourth-order valence-corrected chi connectivity index (χ4v) is 3.84. The summed E-state index contributed by atoms with van der Waals surface area (Å²) in [7, 11) is 0. The maximum Gasteiger partial charge on any atom is 0.243 e. The van der Waals surface area contributed by atoms with Gasteiger partial charge in [0.25, 0.3) is 0 Å². The van der Waals surface area contributed by atoms with E-state index in [1.165, 1.54) is 5.56 Å². The van der Waals surface area contributed by atoms with Gasteiger partial charge in [-0.1, -0.05) is 48.3 Å². The van der Waals surface area contributed by atoms with Crippen LogP contribution in [0.15, 0.2) is 42.5 Å². The average Bonchev–Trinajstić information content (AvgIpc) is 2.73. The third-order valence-corrected chi connectivity index (χ3v) is 5.97. The number of aryl methyl sites for hydroxylation is 1. The Hall–Kier alpha value is -2.35. The van der Waals surface area contributed by atoms with E-state index in [-0.39, 0.29) is 23.3 Å². The van der Waals surface area contributed by atoms with Crippen LogP contribution in [0.25, 0.3) is 0 Å². The number of amides is 2. The van der Waals surface area contributed by atoms with Gasteiger partial charge in [0.2, 0.25) is 11.8 Å². The predicted octanol–water partition coefficient (Wildman–Crippen LogP) is 4.08. The number of hydrogen-bond acceptors (Lipinski definition) is 3. The highest BCUT2D eigenvalue weighted by Gasteiger charge is 2.33. The molecule has 1 aliphatic rings. The monoisotopic (exact) mass is 464 g/mol. The molecule has 1 saturated heterocycles. The molecule has 2 aromatic rings. The molecule has 9 heteroatoms. The molecule has 0 spiro atoms. The molecule has 1 fully saturated rings.